The molecule has 0 radical (unpaired) electrons. The average Bonchev–Trinajstić information content (AvgIpc) is 3.36. The second-order valence-electron chi connectivity index (χ2n) is 18.1. The predicted molar refractivity (Wildman–Crippen MR) is 246 cm³/mol. The second kappa shape index (κ2) is 17.7. The van der Waals surface area contributed by atoms with Gasteiger partial charge in [0.25, 0.3) is 8.32 Å². The molecular weight excluding hydrogens is 808 g/mol. The number of nitrogens with zero attached hydrogens (tertiary/aromatic N) is 1. The maximum absolute atomic E-state index is 15.5. The number of carbonyl (C=O) groups excluding carboxylic acids is 1. The quantitative estimate of drug-likeness (QED) is 0.0932. The van der Waals surface area contributed by atoms with E-state index in [9.17, 15) is 9.90 Å². The van der Waals surface area contributed by atoms with E-state index in [1.807, 2.05) is 54.6 Å². The lowest BCUT2D eigenvalue weighted by Crippen LogP contribution is -2.67. The molecule has 0 bridgehead atoms. The fourth-order valence-corrected chi connectivity index (χ4v) is 17.7. The molecule has 4 aromatic rings. The van der Waals surface area contributed by atoms with E-state index < -0.39 is 40.8 Å². The van der Waals surface area contributed by atoms with Crippen LogP contribution in [0.15, 0.2) is 122 Å². The van der Waals surface area contributed by atoms with E-state index in [1.165, 1.54) is 0 Å². The Morgan fingerprint density at radius 2 is 1.70 bits per heavy atom. The zero-order valence-corrected chi connectivity index (χ0v) is 37.6. The molecule has 6 atom stereocenters. The second-order valence-corrected chi connectivity index (χ2v) is 25.1. The molecule has 1 aliphatic heterocycles. The van der Waals surface area contributed by atoms with Crippen LogP contribution < -0.4 is 25.7 Å². The van der Waals surface area contributed by atoms with Gasteiger partial charge < -0.3 is 24.9 Å². The monoisotopic (exact) mass is 866 g/mol. The summed E-state index contributed by atoms with van der Waals surface area (Å²) in [5.74, 6) is -0.354. The molecule has 3 aliphatic rings. The number of nitrogens with two attached hydrogens (primary N) is 1. The number of primary amides is 1. The Kier molecular flexibility index (Phi) is 12.9. The number of hydrogen-bond donors (Lipinski definition) is 2. The van der Waals surface area contributed by atoms with Gasteiger partial charge in [0.15, 0.2) is 9.84 Å². The van der Waals surface area contributed by atoms with Crippen molar-refractivity contribution in [1.82, 2.24) is 0 Å². The van der Waals surface area contributed by atoms with E-state index in [2.05, 4.69) is 63.1 Å². The van der Waals surface area contributed by atoms with Crippen LogP contribution in [0.25, 0.3) is 0 Å². The lowest BCUT2D eigenvalue weighted by molar-refractivity contribution is 0.0460. The van der Waals surface area contributed by atoms with Crippen molar-refractivity contribution < 1.29 is 27.5 Å². The number of sulfone groups is 1. The first-order valence-corrected chi connectivity index (χ1v) is 25.1. The molecule has 2 unspecified atom stereocenters. The first kappa shape index (κ1) is 43.9. The Hall–Kier alpha value is -4.19. The van der Waals surface area contributed by atoms with Crippen molar-refractivity contribution in [3.8, 4) is 5.75 Å². The van der Waals surface area contributed by atoms with Gasteiger partial charge in [0, 0.05) is 30.3 Å². The molecule has 0 aromatic heterocycles. The molecule has 0 saturated heterocycles. The molecule has 1 spiro atoms. The normalized spacial score (nSPS) is 22.6. The molecule has 60 heavy (non-hydrogen) atoms. The molecule has 1 heterocycles. The lowest BCUT2D eigenvalue weighted by atomic mass is 9.68. The van der Waals surface area contributed by atoms with Gasteiger partial charge in [0.05, 0.1) is 28.2 Å². The highest BCUT2D eigenvalue weighted by molar-refractivity contribution is 7.92. The van der Waals surface area contributed by atoms with Gasteiger partial charge >= 0.3 is 0 Å². The van der Waals surface area contributed by atoms with Gasteiger partial charge in [-0.25, -0.2) is 8.42 Å². The fourth-order valence-electron chi connectivity index (χ4n) is 10.4. The van der Waals surface area contributed by atoms with E-state index in [0.29, 0.717) is 54.4 Å². The SMILES string of the molecule is C=CC[C@@H](CO[Si](c1ccccc1)(c1ccccc1)C(C)(C)C)CS(=O)(=O)C1CCc2cc(Cl)ccc2C12COc1ccc(C(N)=O)cc1N(C[C@@H]1CC[C@H]1[C@@H](O)C=C)C2. The number of aryl methyl sites for hydroxylation is 1. The van der Waals surface area contributed by atoms with Crippen LogP contribution in [-0.2, 0) is 26.1 Å². The number of halogens is 1. The molecule has 1 saturated carbocycles. The summed E-state index contributed by atoms with van der Waals surface area (Å²) < 4.78 is 45.1. The number of aliphatic hydroxyl groups excluding tert-OH is 1. The summed E-state index contributed by atoms with van der Waals surface area (Å²) in [6, 6.07) is 31.7. The van der Waals surface area contributed by atoms with Crippen molar-refractivity contribution in [1.29, 1.82) is 0 Å². The van der Waals surface area contributed by atoms with Gasteiger partial charge in [-0.15, -0.1) is 13.2 Å². The van der Waals surface area contributed by atoms with Crippen LogP contribution in [0.1, 0.15) is 67.9 Å². The molecule has 7 rings (SSSR count). The third-order valence-electron chi connectivity index (χ3n) is 13.4. The van der Waals surface area contributed by atoms with Crippen LogP contribution in [0, 0.1) is 17.8 Å². The Morgan fingerprint density at radius 1 is 1.02 bits per heavy atom. The number of carbonyl (C=O) groups is 1. The summed E-state index contributed by atoms with van der Waals surface area (Å²) in [7, 11) is -6.84. The van der Waals surface area contributed by atoms with Gasteiger partial charge in [0.1, 0.15) is 12.4 Å². The third kappa shape index (κ3) is 8.38. The van der Waals surface area contributed by atoms with Crippen LogP contribution in [0.3, 0.4) is 0 Å². The molecular formula is C49H59ClN2O6SSi. The predicted octanol–water partition coefficient (Wildman–Crippen LogP) is 7.65. The molecule has 1 amide bonds. The Balaban J connectivity index is 1.28. The number of fused-ring (bicyclic) bond motifs is 3. The molecule has 2 aliphatic carbocycles. The first-order valence-electron chi connectivity index (χ1n) is 21.1. The van der Waals surface area contributed by atoms with E-state index in [-0.39, 0.29) is 41.8 Å². The van der Waals surface area contributed by atoms with Gasteiger partial charge in [-0.3, -0.25) is 4.79 Å². The first-order chi connectivity index (χ1) is 28.6. The van der Waals surface area contributed by atoms with Gasteiger partial charge in [-0.05, 0) is 107 Å². The zero-order chi connectivity index (χ0) is 42.9. The minimum Gasteiger partial charge on any atom is -0.490 e. The van der Waals surface area contributed by atoms with Crippen LogP contribution in [-0.4, -0.2) is 71.2 Å². The van der Waals surface area contributed by atoms with Gasteiger partial charge in [-0.2, -0.15) is 0 Å². The number of hydrogen-bond acceptors (Lipinski definition) is 7. The van der Waals surface area contributed by atoms with Gasteiger partial charge in [0.2, 0.25) is 5.91 Å². The highest BCUT2D eigenvalue weighted by Crippen LogP contribution is 2.49. The molecule has 4 aromatic carbocycles. The Morgan fingerprint density at radius 3 is 2.28 bits per heavy atom. The zero-order valence-electron chi connectivity index (χ0n) is 35.1. The number of ether oxygens (including phenoxy) is 1. The number of anilines is 1. The summed E-state index contributed by atoms with van der Waals surface area (Å²) in [5.41, 5.74) is 7.71. The highest BCUT2D eigenvalue weighted by atomic mass is 35.5. The van der Waals surface area contributed by atoms with Crippen molar-refractivity contribution in [2.75, 3.05) is 37.0 Å². The standard InChI is InChI=1S/C49H59ClN2O6SSi/c1-6-14-34(30-58-60(48(3,4)5,39-15-10-8-11-16-39)40-17-12-9-13-18-40)31-59(55,56)46-26-21-35-27-38(50)22-24-42(35)49(46)32-52(29-37-19-23-41(37)44(53)7-2)43-28-36(47(51)54)20-25-45(43)57-33-49/h6-13,15-18,20,22,24-25,27-28,34,37,41,44,46,53H,1-2,14,19,21,23,26,29-33H2,3-5H3,(H2,51,54)/t34-,37-,41+,44-,46?,49?/m0/s1. The maximum atomic E-state index is 15.5. The van der Waals surface area contributed by atoms with Crippen molar-refractivity contribution in [3.05, 3.63) is 144 Å². The molecule has 318 valence electrons. The summed E-state index contributed by atoms with van der Waals surface area (Å²) >= 11 is 6.61. The highest BCUT2D eigenvalue weighted by Gasteiger charge is 2.55. The summed E-state index contributed by atoms with van der Waals surface area (Å²) in [6.45, 7) is 15.7. The van der Waals surface area contributed by atoms with E-state index in [0.717, 1.165) is 34.3 Å². The molecule has 1 fully saturated rings. The number of rotatable bonds is 15. The molecule has 8 nitrogen and oxygen atoms in total. The largest absolute Gasteiger partial charge is 0.490 e. The minimum absolute atomic E-state index is 0.0116. The lowest BCUT2D eigenvalue weighted by Gasteiger charge is -2.48. The van der Waals surface area contributed by atoms with E-state index >= 15 is 8.42 Å². The smallest absolute Gasteiger partial charge is 0.261 e. The fraction of sp³-hybridized carbons (Fsp3) is 0.408. The Bertz CT molecular complexity index is 2260. The summed E-state index contributed by atoms with van der Waals surface area (Å²) in [6.07, 6.45) is 5.88. The number of benzene rings is 4. The molecule has 3 N–H and O–H groups in total. The van der Waals surface area contributed by atoms with Crippen molar-refractivity contribution in [2.45, 2.75) is 74.7 Å². The maximum Gasteiger partial charge on any atom is 0.261 e. The van der Waals surface area contributed by atoms with Crippen LogP contribution in [0.4, 0.5) is 5.69 Å². The van der Waals surface area contributed by atoms with Crippen molar-refractivity contribution >= 4 is 51.7 Å². The summed E-state index contributed by atoms with van der Waals surface area (Å²) in [5, 5.41) is 12.6. The third-order valence-corrected chi connectivity index (χ3v) is 21.1. The molecule has 11 heteroatoms. The Labute approximate surface area is 362 Å². The van der Waals surface area contributed by atoms with Crippen LogP contribution in [0.5, 0.6) is 5.75 Å². The van der Waals surface area contributed by atoms with Crippen molar-refractivity contribution in [2.24, 2.45) is 23.5 Å². The van der Waals surface area contributed by atoms with Crippen LogP contribution >= 0.6 is 11.6 Å². The van der Waals surface area contributed by atoms with E-state index in [1.54, 1.807) is 30.4 Å². The topological polar surface area (TPSA) is 119 Å². The van der Waals surface area contributed by atoms with Crippen molar-refractivity contribution in [3.63, 3.8) is 0 Å². The average molecular weight is 868 g/mol. The number of aliphatic hydroxyl groups is 1. The number of allylic oxidation sites excluding steroid dienone is 1. The van der Waals surface area contributed by atoms with Gasteiger partial charge in [-0.1, -0.05) is 111 Å². The van der Waals surface area contributed by atoms with E-state index in [4.69, 9.17) is 26.5 Å². The minimum atomic E-state index is -3.87. The number of amides is 1. The summed E-state index contributed by atoms with van der Waals surface area (Å²) in [4.78, 5) is 14.7. The van der Waals surface area contributed by atoms with Crippen LogP contribution in [0.2, 0.25) is 10.1 Å².